The molecule has 1 aromatic rings. The highest BCUT2D eigenvalue weighted by Crippen LogP contribution is 2.24. The Morgan fingerprint density at radius 1 is 1.36 bits per heavy atom. The topological polar surface area (TPSA) is 18.5 Å². The number of methoxy groups -OCH3 is 2. The SMILES string of the molecule is COc1c[c]c(I)c(OC)c1. The molecule has 1 radical (unpaired) electrons. The average molecular weight is 263 g/mol. The molecule has 0 heterocycles. The van der Waals surface area contributed by atoms with Crippen molar-refractivity contribution in [2.75, 3.05) is 14.2 Å². The molecule has 0 aliphatic rings. The van der Waals surface area contributed by atoms with Crippen LogP contribution in [-0.4, -0.2) is 14.2 Å². The molecule has 1 rings (SSSR count). The van der Waals surface area contributed by atoms with Crippen molar-refractivity contribution in [2.24, 2.45) is 0 Å². The Labute approximate surface area is 79.7 Å². The van der Waals surface area contributed by atoms with Crippen molar-refractivity contribution in [1.29, 1.82) is 0 Å². The molecule has 0 spiro atoms. The maximum Gasteiger partial charge on any atom is 0.136 e. The van der Waals surface area contributed by atoms with Gasteiger partial charge in [0.25, 0.3) is 0 Å². The minimum atomic E-state index is 0.766. The van der Waals surface area contributed by atoms with Gasteiger partial charge in [0.05, 0.1) is 17.8 Å². The van der Waals surface area contributed by atoms with Crippen molar-refractivity contribution < 1.29 is 9.47 Å². The maximum atomic E-state index is 5.07. The van der Waals surface area contributed by atoms with Crippen LogP contribution < -0.4 is 9.47 Å². The summed E-state index contributed by atoms with van der Waals surface area (Å²) >= 11 is 2.16. The number of ether oxygens (including phenoxy) is 2. The molecule has 11 heavy (non-hydrogen) atoms. The van der Waals surface area contributed by atoms with Gasteiger partial charge in [-0.15, -0.1) is 0 Å². The zero-order valence-corrected chi connectivity index (χ0v) is 8.51. The van der Waals surface area contributed by atoms with Crippen LogP contribution in [-0.2, 0) is 0 Å². The van der Waals surface area contributed by atoms with Crippen LogP contribution in [0.5, 0.6) is 11.5 Å². The van der Waals surface area contributed by atoms with Crippen molar-refractivity contribution >= 4 is 22.6 Å². The fourth-order valence-corrected chi connectivity index (χ4v) is 1.24. The molecule has 0 bridgehead atoms. The Bertz CT molecular complexity index is 248. The van der Waals surface area contributed by atoms with E-state index in [1.165, 1.54) is 0 Å². The minimum Gasteiger partial charge on any atom is -0.497 e. The fraction of sp³-hybridized carbons (Fsp3) is 0.250. The fourth-order valence-electron chi connectivity index (χ4n) is 0.706. The molecule has 0 aliphatic carbocycles. The van der Waals surface area contributed by atoms with Crippen molar-refractivity contribution in [3.8, 4) is 11.5 Å². The number of hydrogen-bond donors (Lipinski definition) is 0. The van der Waals surface area contributed by atoms with Crippen LogP contribution in [0.2, 0.25) is 0 Å². The molecule has 0 saturated heterocycles. The molecule has 59 valence electrons. The number of rotatable bonds is 2. The largest absolute Gasteiger partial charge is 0.497 e. The zero-order chi connectivity index (χ0) is 8.27. The summed E-state index contributed by atoms with van der Waals surface area (Å²) in [4.78, 5) is 0. The first-order valence-electron chi connectivity index (χ1n) is 3.07. The Morgan fingerprint density at radius 2 is 2.09 bits per heavy atom. The van der Waals surface area contributed by atoms with E-state index in [1.807, 2.05) is 6.07 Å². The van der Waals surface area contributed by atoms with E-state index in [-0.39, 0.29) is 0 Å². The second kappa shape index (κ2) is 3.80. The van der Waals surface area contributed by atoms with E-state index in [1.54, 1.807) is 20.3 Å². The lowest BCUT2D eigenvalue weighted by atomic mass is 10.3. The van der Waals surface area contributed by atoms with Gasteiger partial charge in [0.15, 0.2) is 0 Å². The van der Waals surface area contributed by atoms with Crippen molar-refractivity contribution in [1.82, 2.24) is 0 Å². The second-order valence-electron chi connectivity index (χ2n) is 1.92. The Morgan fingerprint density at radius 3 is 2.64 bits per heavy atom. The van der Waals surface area contributed by atoms with E-state index < -0.39 is 0 Å². The molecule has 3 heteroatoms. The smallest absolute Gasteiger partial charge is 0.136 e. The molecule has 0 saturated carbocycles. The Balaban J connectivity index is 3.02. The highest BCUT2D eigenvalue weighted by atomic mass is 127. The first-order chi connectivity index (χ1) is 5.27. The standard InChI is InChI=1S/C8H8IO2/c1-10-6-3-4-7(9)8(5-6)11-2/h3,5H,1-2H3. The van der Waals surface area contributed by atoms with Crippen molar-refractivity contribution in [3.63, 3.8) is 0 Å². The summed E-state index contributed by atoms with van der Waals surface area (Å²) in [5.74, 6) is 1.56. The summed E-state index contributed by atoms with van der Waals surface area (Å²) in [6.07, 6.45) is 0. The number of halogens is 1. The maximum absolute atomic E-state index is 5.07. The lowest BCUT2D eigenvalue weighted by Gasteiger charge is -2.04. The first-order valence-corrected chi connectivity index (χ1v) is 4.15. The lowest BCUT2D eigenvalue weighted by Crippen LogP contribution is -1.89. The van der Waals surface area contributed by atoms with E-state index in [0.29, 0.717) is 0 Å². The third-order valence-electron chi connectivity index (χ3n) is 1.29. The third-order valence-corrected chi connectivity index (χ3v) is 2.13. The predicted molar refractivity (Wildman–Crippen MR) is 51.1 cm³/mol. The van der Waals surface area contributed by atoms with Crippen LogP contribution in [0.25, 0.3) is 0 Å². The van der Waals surface area contributed by atoms with Gasteiger partial charge in [0, 0.05) is 12.1 Å². The quantitative estimate of drug-likeness (QED) is 0.761. The first kappa shape index (κ1) is 8.64. The Hall–Kier alpha value is -0.450. The summed E-state index contributed by atoms with van der Waals surface area (Å²) < 4.78 is 11.0. The molecule has 0 N–H and O–H groups in total. The molecule has 0 amide bonds. The van der Waals surface area contributed by atoms with E-state index in [4.69, 9.17) is 9.47 Å². The van der Waals surface area contributed by atoms with Crippen LogP contribution in [0, 0.1) is 9.64 Å². The molecule has 0 unspecified atom stereocenters. The van der Waals surface area contributed by atoms with E-state index in [0.717, 1.165) is 15.1 Å². The van der Waals surface area contributed by atoms with Gasteiger partial charge in [0.1, 0.15) is 11.5 Å². The normalized spacial score (nSPS) is 9.36. The van der Waals surface area contributed by atoms with Gasteiger partial charge in [-0.25, -0.2) is 0 Å². The van der Waals surface area contributed by atoms with Gasteiger partial charge in [-0.3, -0.25) is 0 Å². The summed E-state index contributed by atoms with van der Waals surface area (Å²) in [5.41, 5.74) is 0. The monoisotopic (exact) mass is 263 g/mol. The summed E-state index contributed by atoms with van der Waals surface area (Å²) in [7, 11) is 3.25. The number of benzene rings is 1. The average Bonchev–Trinajstić information content (AvgIpc) is 2.05. The van der Waals surface area contributed by atoms with Gasteiger partial charge in [-0.05, 0) is 28.7 Å². The highest BCUT2D eigenvalue weighted by molar-refractivity contribution is 14.1. The molecule has 0 aromatic heterocycles. The van der Waals surface area contributed by atoms with E-state index in [9.17, 15) is 0 Å². The Kier molecular flexibility index (Phi) is 2.99. The van der Waals surface area contributed by atoms with Crippen molar-refractivity contribution in [3.05, 3.63) is 21.8 Å². The minimum absolute atomic E-state index is 0.766. The van der Waals surface area contributed by atoms with Gasteiger partial charge in [-0.2, -0.15) is 0 Å². The van der Waals surface area contributed by atoms with Crippen LogP contribution in [0.15, 0.2) is 12.1 Å². The van der Waals surface area contributed by atoms with Crippen molar-refractivity contribution in [2.45, 2.75) is 0 Å². The van der Waals surface area contributed by atoms with Crippen LogP contribution in [0.4, 0.5) is 0 Å². The molecular weight excluding hydrogens is 255 g/mol. The van der Waals surface area contributed by atoms with E-state index >= 15 is 0 Å². The summed E-state index contributed by atoms with van der Waals surface area (Å²) in [5, 5.41) is 0. The summed E-state index contributed by atoms with van der Waals surface area (Å²) in [6.45, 7) is 0. The van der Waals surface area contributed by atoms with E-state index in [2.05, 4.69) is 28.7 Å². The van der Waals surface area contributed by atoms with Gasteiger partial charge >= 0.3 is 0 Å². The van der Waals surface area contributed by atoms with Crippen LogP contribution >= 0.6 is 22.6 Å². The molecule has 1 aromatic carbocycles. The molecular formula is C8H8IO2. The highest BCUT2D eigenvalue weighted by Gasteiger charge is 2.00. The third kappa shape index (κ3) is 1.99. The van der Waals surface area contributed by atoms with Crippen LogP contribution in [0.3, 0.4) is 0 Å². The second-order valence-corrected chi connectivity index (χ2v) is 3.00. The van der Waals surface area contributed by atoms with Crippen LogP contribution in [0.1, 0.15) is 0 Å². The molecule has 0 atom stereocenters. The predicted octanol–water partition coefficient (Wildman–Crippen LogP) is 2.11. The zero-order valence-electron chi connectivity index (χ0n) is 6.35. The molecule has 0 aliphatic heterocycles. The lowest BCUT2D eigenvalue weighted by molar-refractivity contribution is 0.392. The molecule has 0 fully saturated rings. The van der Waals surface area contributed by atoms with Gasteiger partial charge < -0.3 is 9.47 Å². The molecule has 2 nitrogen and oxygen atoms in total. The van der Waals surface area contributed by atoms with Gasteiger partial charge in [0.2, 0.25) is 0 Å². The van der Waals surface area contributed by atoms with Gasteiger partial charge in [-0.1, -0.05) is 0 Å². The number of hydrogen-bond acceptors (Lipinski definition) is 2. The summed E-state index contributed by atoms with van der Waals surface area (Å²) in [6, 6.07) is 6.62.